The fourth-order valence-corrected chi connectivity index (χ4v) is 0.779. The lowest BCUT2D eigenvalue weighted by Crippen LogP contribution is -1.99. The topological polar surface area (TPSA) is 31.9 Å². The minimum absolute atomic E-state index is 0. The van der Waals surface area contributed by atoms with Crippen LogP contribution in [0.25, 0.3) is 0 Å². The average Bonchev–Trinajstić information content (AvgIpc) is 2.51. The van der Waals surface area contributed by atoms with Gasteiger partial charge in [-0.15, -0.1) is 12.4 Å². The first kappa shape index (κ1) is 15.9. The first-order chi connectivity index (χ1) is 6.16. The summed E-state index contributed by atoms with van der Waals surface area (Å²) in [4.78, 5) is 9.16. The number of rotatable bonds is 3. The van der Waals surface area contributed by atoms with Crippen LogP contribution in [0, 0.1) is 0 Å². The van der Waals surface area contributed by atoms with E-state index in [4.69, 9.17) is 0 Å². The maximum Gasteiger partial charge on any atom is 0.105 e. The third-order valence-electron chi connectivity index (χ3n) is 1.32. The molecule has 14 heavy (non-hydrogen) atoms. The molecule has 0 fully saturated rings. The Morgan fingerprint density at radius 1 is 1.36 bits per heavy atom. The standard InChI is InChI=1S/C7H12N2.C3H9N.ClH/c1-2-3-4-7-8-5-6-9-7;1-4(2)3;/h5-6H,2-4H2,1H3,(H,8,9);1-3H3;1H. The van der Waals surface area contributed by atoms with Gasteiger partial charge in [-0.25, -0.2) is 4.98 Å². The number of imidazole rings is 1. The van der Waals surface area contributed by atoms with E-state index < -0.39 is 0 Å². The first-order valence-corrected chi connectivity index (χ1v) is 4.76. The molecule has 0 spiro atoms. The van der Waals surface area contributed by atoms with Crippen LogP contribution >= 0.6 is 12.4 Å². The van der Waals surface area contributed by atoms with Crippen LogP contribution in [0.4, 0.5) is 0 Å². The fraction of sp³-hybridized carbons (Fsp3) is 0.700. The molecular formula is C10H22ClN3. The van der Waals surface area contributed by atoms with Crippen LogP contribution in [0.15, 0.2) is 12.4 Å². The minimum atomic E-state index is 0. The second-order valence-corrected chi connectivity index (χ2v) is 3.48. The van der Waals surface area contributed by atoms with Crippen LogP contribution in [-0.2, 0) is 6.42 Å². The van der Waals surface area contributed by atoms with E-state index in [0.29, 0.717) is 0 Å². The summed E-state index contributed by atoms with van der Waals surface area (Å²) in [5.74, 6) is 1.11. The number of aromatic amines is 1. The molecule has 0 bridgehead atoms. The normalized spacial score (nSPS) is 8.93. The molecule has 0 atom stereocenters. The fourth-order valence-electron chi connectivity index (χ4n) is 0.779. The van der Waals surface area contributed by atoms with Gasteiger partial charge >= 0.3 is 0 Å². The third kappa shape index (κ3) is 11.5. The second-order valence-electron chi connectivity index (χ2n) is 3.48. The Morgan fingerprint density at radius 2 is 1.93 bits per heavy atom. The van der Waals surface area contributed by atoms with E-state index in [9.17, 15) is 0 Å². The van der Waals surface area contributed by atoms with E-state index in [1.54, 1.807) is 6.20 Å². The van der Waals surface area contributed by atoms with E-state index in [2.05, 4.69) is 16.9 Å². The highest BCUT2D eigenvalue weighted by atomic mass is 35.5. The highest BCUT2D eigenvalue weighted by Crippen LogP contribution is 1.96. The molecule has 3 nitrogen and oxygen atoms in total. The van der Waals surface area contributed by atoms with Crippen molar-refractivity contribution in [2.24, 2.45) is 0 Å². The summed E-state index contributed by atoms with van der Waals surface area (Å²) in [6, 6.07) is 0. The van der Waals surface area contributed by atoms with Crippen LogP contribution < -0.4 is 0 Å². The van der Waals surface area contributed by atoms with Gasteiger partial charge in [0.15, 0.2) is 0 Å². The van der Waals surface area contributed by atoms with Gasteiger partial charge in [-0.2, -0.15) is 0 Å². The van der Waals surface area contributed by atoms with Crippen molar-refractivity contribution in [3.8, 4) is 0 Å². The van der Waals surface area contributed by atoms with Crippen molar-refractivity contribution >= 4 is 12.4 Å². The molecule has 0 unspecified atom stereocenters. The zero-order valence-electron chi connectivity index (χ0n) is 9.58. The van der Waals surface area contributed by atoms with Crippen molar-refractivity contribution in [1.82, 2.24) is 14.9 Å². The molecule has 0 saturated carbocycles. The molecular weight excluding hydrogens is 198 g/mol. The summed E-state index contributed by atoms with van der Waals surface area (Å²) in [5, 5.41) is 0. The molecule has 4 heteroatoms. The van der Waals surface area contributed by atoms with E-state index in [-0.39, 0.29) is 12.4 Å². The molecule has 0 aliphatic rings. The average molecular weight is 220 g/mol. The first-order valence-electron chi connectivity index (χ1n) is 4.76. The van der Waals surface area contributed by atoms with Gasteiger partial charge in [0, 0.05) is 18.8 Å². The van der Waals surface area contributed by atoms with Crippen LogP contribution in [0.5, 0.6) is 0 Å². The van der Waals surface area contributed by atoms with Gasteiger partial charge in [-0.1, -0.05) is 13.3 Å². The Labute approximate surface area is 93.3 Å². The maximum absolute atomic E-state index is 4.10. The summed E-state index contributed by atoms with van der Waals surface area (Å²) in [6.45, 7) is 2.18. The zero-order chi connectivity index (χ0) is 10.1. The quantitative estimate of drug-likeness (QED) is 0.847. The van der Waals surface area contributed by atoms with Crippen LogP contribution in [-0.4, -0.2) is 36.0 Å². The SMILES string of the molecule is CCCCc1ncc[nH]1.CN(C)C.Cl. The van der Waals surface area contributed by atoms with E-state index in [1.807, 2.05) is 32.2 Å². The Balaban J connectivity index is 0. The summed E-state index contributed by atoms with van der Waals surface area (Å²) in [5.41, 5.74) is 0. The van der Waals surface area contributed by atoms with Crippen LogP contribution in [0.3, 0.4) is 0 Å². The number of aromatic nitrogens is 2. The monoisotopic (exact) mass is 219 g/mol. The Bertz CT molecular complexity index is 183. The number of halogens is 1. The summed E-state index contributed by atoms with van der Waals surface area (Å²) in [6.07, 6.45) is 7.22. The molecule has 0 aliphatic heterocycles. The molecule has 0 radical (unpaired) electrons. The maximum atomic E-state index is 4.10. The lowest BCUT2D eigenvalue weighted by atomic mass is 10.2. The van der Waals surface area contributed by atoms with Crippen molar-refractivity contribution < 1.29 is 0 Å². The van der Waals surface area contributed by atoms with E-state index in [1.165, 1.54) is 12.8 Å². The predicted molar refractivity (Wildman–Crippen MR) is 64.1 cm³/mol. The highest BCUT2D eigenvalue weighted by Gasteiger charge is 1.90. The largest absolute Gasteiger partial charge is 0.349 e. The molecule has 1 N–H and O–H groups in total. The Hall–Kier alpha value is -0.540. The van der Waals surface area contributed by atoms with Gasteiger partial charge in [-0.05, 0) is 27.6 Å². The molecule has 0 aromatic carbocycles. The van der Waals surface area contributed by atoms with Gasteiger partial charge in [0.1, 0.15) is 5.82 Å². The third-order valence-corrected chi connectivity index (χ3v) is 1.32. The van der Waals surface area contributed by atoms with Crippen molar-refractivity contribution in [3.63, 3.8) is 0 Å². The van der Waals surface area contributed by atoms with Crippen LogP contribution in [0.2, 0.25) is 0 Å². The van der Waals surface area contributed by atoms with Gasteiger partial charge < -0.3 is 9.88 Å². The molecule has 0 amide bonds. The number of hydrogen-bond acceptors (Lipinski definition) is 2. The predicted octanol–water partition coefficient (Wildman–Crippen LogP) is 2.35. The van der Waals surface area contributed by atoms with Crippen molar-refractivity contribution in [3.05, 3.63) is 18.2 Å². The summed E-state index contributed by atoms with van der Waals surface area (Å²) in [7, 11) is 6.00. The minimum Gasteiger partial charge on any atom is -0.349 e. The Morgan fingerprint density at radius 3 is 2.29 bits per heavy atom. The van der Waals surface area contributed by atoms with E-state index >= 15 is 0 Å². The zero-order valence-corrected chi connectivity index (χ0v) is 10.4. The highest BCUT2D eigenvalue weighted by molar-refractivity contribution is 5.85. The van der Waals surface area contributed by atoms with Crippen molar-refractivity contribution in [2.75, 3.05) is 21.1 Å². The second kappa shape index (κ2) is 10.5. The number of aryl methyl sites for hydroxylation is 1. The smallest absolute Gasteiger partial charge is 0.105 e. The lowest BCUT2D eigenvalue weighted by Gasteiger charge is -1.90. The van der Waals surface area contributed by atoms with Crippen molar-refractivity contribution in [2.45, 2.75) is 26.2 Å². The van der Waals surface area contributed by atoms with Crippen molar-refractivity contribution in [1.29, 1.82) is 0 Å². The number of nitrogens with zero attached hydrogens (tertiary/aromatic N) is 2. The molecule has 1 aromatic rings. The van der Waals surface area contributed by atoms with Gasteiger partial charge in [0.25, 0.3) is 0 Å². The number of unbranched alkanes of at least 4 members (excludes halogenated alkanes) is 1. The van der Waals surface area contributed by atoms with Crippen LogP contribution in [0.1, 0.15) is 25.6 Å². The molecule has 1 rings (SSSR count). The van der Waals surface area contributed by atoms with Gasteiger partial charge in [0.05, 0.1) is 0 Å². The molecule has 1 heterocycles. The number of nitrogens with one attached hydrogen (secondary N) is 1. The number of H-pyrrole nitrogens is 1. The molecule has 84 valence electrons. The van der Waals surface area contributed by atoms with E-state index in [0.717, 1.165) is 12.2 Å². The summed E-state index contributed by atoms with van der Waals surface area (Å²) < 4.78 is 0. The summed E-state index contributed by atoms with van der Waals surface area (Å²) >= 11 is 0. The Kier molecular flexibility index (Phi) is 12.0. The van der Waals surface area contributed by atoms with Gasteiger partial charge in [0.2, 0.25) is 0 Å². The molecule has 0 saturated heterocycles. The number of hydrogen-bond donors (Lipinski definition) is 1. The van der Waals surface area contributed by atoms with Gasteiger partial charge in [-0.3, -0.25) is 0 Å². The lowest BCUT2D eigenvalue weighted by molar-refractivity contribution is 0.505. The molecule has 1 aromatic heterocycles. The molecule has 0 aliphatic carbocycles.